The molecule has 76 valence electrons. The molecular formula is C10H13NO3. The van der Waals surface area contributed by atoms with Gasteiger partial charge in [-0.3, -0.25) is 19.3 Å². The summed E-state index contributed by atoms with van der Waals surface area (Å²) in [5.74, 6) is -0.00309. The van der Waals surface area contributed by atoms with E-state index >= 15 is 0 Å². The number of amides is 2. The Balaban J connectivity index is 2.00. The van der Waals surface area contributed by atoms with Gasteiger partial charge in [0.25, 0.3) is 0 Å². The third-order valence-electron chi connectivity index (χ3n) is 3.06. The standard InChI is InChI=1S/C10H13NO3/c1-6(12)2-3-11-9(13)7-4-8(5-7)10(11)14/h7-8H,2-5H2,1H3. The van der Waals surface area contributed by atoms with Crippen LogP contribution in [0.1, 0.15) is 26.2 Å². The summed E-state index contributed by atoms with van der Waals surface area (Å²) in [5.41, 5.74) is 0. The minimum atomic E-state index is -0.0706. The highest BCUT2D eigenvalue weighted by molar-refractivity contribution is 6.03. The lowest BCUT2D eigenvalue weighted by Gasteiger charge is -2.44. The highest BCUT2D eigenvalue weighted by atomic mass is 16.2. The zero-order valence-electron chi connectivity index (χ0n) is 8.16. The molecule has 4 heteroatoms. The van der Waals surface area contributed by atoms with E-state index in [4.69, 9.17) is 0 Å². The summed E-state index contributed by atoms with van der Waals surface area (Å²) in [6.45, 7) is 1.75. The van der Waals surface area contributed by atoms with E-state index in [-0.39, 0.29) is 42.4 Å². The van der Waals surface area contributed by atoms with Crippen molar-refractivity contribution in [1.82, 2.24) is 4.90 Å². The van der Waals surface area contributed by atoms with E-state index in [1.165, 1.54) is 11.8 Å². The lowest BCUT2D eigenvalue weighted by molar-refractivity contribution is -0.165. The fraction of sp³-hybridized carbons (Fsp3) is 0.700. The average molecular weight is 195 g/mol. The fourth-order valence-corrected chi connectivity index (χ4v) is 2.06. The third-order valence-corrected chi connectivity index (χ3v) is 3.06. The molecule has 0 aromatic rings. The maximum Gasteiger partial charge on any atom is 0.232 e. The average Bonchev–Trinajstić information content (AvgIpc) is 1.99. The van der Waals surface area contributed by atoms with E-state index in [0.717, 1.165) is 12.8 Å². The first kappa shape index (κ1) is 9.37. The molecule has 1 saturated carbocycles. The smallest absolute Gasteiger partial charge is 0.232 e. The molecule has 2 amide bonds. The van der Waals surface area contributed by atoms with Crippen molar-refractivity contribution in [3.63, 3.8) is 0 Å². The van der Waals surface area contributed by atoms with Gasteiger partial charge in [0.1, 0.15) is 5.78 Å². The fourth-order valence-electron chi connectivity index (χ4n) is 2.06. The van der Waals surface area contributed by atoms with E-state index in [0.29, 0.717) is 0 Å². The van der Waals surface area contributed by atoms with Gasteiger partial charge in [-0.15, -0.1) is 0 Å². The van der Waals surface area contributed by atoms with Gasteiger partial charge in [0, 0.05) is 24.8 Å². The van der Waals surface area contributed by atoms with Crippen LogP contribution in [-0.4, -0.2) is 29.0 Å². The highest BCUT2D eigenvalue weighted by Gasteiger charge is 2.49. The van der Waals surface area contributed by atoms with Crippen molar-refractivity contribution in [3.05, 3.63) is 0 Å². The monoisotopic (exact) mass is 195 g/mol. The molecule has 0 radical (unpaired) electrons. The SMILES string of the molecule is CC(=O)CCN1C(=O)C2CC(C2)C1=O. The minimum Gasteiger partial charge on any atom is -0.300 e. The molecule has 0 aromatic carbocycles. The maximum atomic E-state index is 11.6. The number of piperidine rings is 2. The molecule has 3 aliphatic rings. The molecule has 1 aliphatic carbocycles. The quantitative estimate of drug-likeness (QED) is 0.611. The lowest BCUT2D eigenvalue weighted by Crippen LogP contribution is -2.56. The van der Waals surface area contributed by atoms with Gasteiger partial charge in [-0.1, -0.05) is 0 Å². The van der Waals surface area contributed by atoms with Crippen LogP contribution < -0.4 is 0 Å². The van der Waals surface area contributed by atoms with Crippen LogP contribution >= 0.6 is 0 Å². The van der Waals surface area contributed by atoms with E-state index in [1.54, 1.807) is 0 Å². The number of hydrogen-bond donors (Lipinski definition) is 0. The largest absolute Gasteiger partial charge is 0.300 e. The Morgan fingerprint density at radius 1 is 1.29 bits per heavy atom. The van der Waals surface area contributed by atoms with Crippen molar-refractivity contribution < 1.29 is 14.4 Å². The molecule has 0 aromatic heterocycles. The first-order valence-corrected chi connectivity index (χ1v) is 4.94. The zero-order valence-corrected chi connectivity index (χ0v) is 8.16. The van der Waals surface area contributed by atoms with Crippen molar-refractivity contribution in [2.75, 3.05) is 6.54 Å². The van der Waals surface area contributed by atoms with Gasteiger partial charge < -0.3 is 0 Å². The Labute approximate surface area is 82.3 Å². The normalized spacial score (nSPS) is 30.2. The van der Waals surface area contributed by atoms with E-state index in [2.05, 4.69) is 0 Å². The molecule has 3 fully saturated rings. The van der Waals surface area contributed by atoms with Crippen LogP contribution in [0.15, 0.2) is 0 Å². The first-order chi connectivity index (χ1) is 6.59. The van der Waals surface area contributed by atoms with Gasteiger partial charge in [-0.05, 0) is 19.8 Å². The molecule has 2 aliphatic heterocycles. The molecule has 4 nitrogen and oxygen atoms in total. The number of fused-ring (bicyclic) bond motifs is 2. The third kappa shape index (κ3) is 1.35. The summed E-state index contributed by atoms with van der Waals surface area (Å²) in [5, 5.41) is 0. The molecule has 0 spiro atoms. The number of nitrogens with zero attached hydrogens (tertiary/aromatic N) is 1. The summed E-state index contributed by atoms with van der Waals surface area (Å²) in [4.78, 5) is 35.2. The number of rotatable bonds is 3. The van der Waals surface area contributed by atoms with Crippen LogP contribution in [0.2, 0.25) is 0 Å². The molecule has 2 saturated heterocycles. The van der Waals surface area contributed by atoms with Gasteiger partial charge in [0.05, 0.1) is 0 Å². The lowest BCUT2D eigenvalue weighted by atomic mass is 9.70. The van der Waals surface area contributed by atoms with Crippen LogP contribution in [0.5, 0.6) is 0 Å². The topological polar surface area (TPSA) is 54.5 Å². The van der Waals surface area contributed by atoms with E-state index in [9.17, 15) is 14.4 Å². The second-order valence-corrected chi connectivity index (χ2v) is 4.15. The zero-order chi connectivity index (χ0) is 10.3. The van der Waals surface area contributed by atoms with Gasteiger partial charge in [0.2, 0.25) is 11.8 Å². The van der Waals surface area contributed by atoms with Crippen molar-refractivity contribution in [3.8, 4) is 0 Å². The van der Waals surface area contributed by atoms with Gasteiger partial charge in [-0.2, -0.15) is 0 Å². The van der Waals surface area contributed by atoms with Gasteiger partial charge in [0.15, 0.2) is 0 Å². The Hall–Kier alpha value is -1.19. The maximum absolute atomic E-state index is 11.6. The Bertz CT molecular complexity index is 284. The molecule has 0 atom stereocenters. The number of hydrogen-bond acceptors (Lipinski definition) is 3. The predicted octanol–water partition coefficient (Wildman–Crippen LogP) is 0.361. The number of Topliss-reactive ketones (excluding diaryl/α,β-unsaturated/α-hetero) is 1. The van der Waals surface area contributed by atoms with Gasteiger partial charge >= 0.3 is 0 Å². The van der Waals surface area contributed by atoms with Crippen molar-refractivity contribution in [2.45, 2.75) is 26.2 Å². The van der Waals surface area contributed by atoms with Crippen LogP contribution in [0, 0.1) is 11.8 Å². The minimum absolute atomic E-state index is 0.0184. The van der Waals surface area contributed by atoms with Crippen LogP contribution in [0.3, 0.4) is 0 Å². The van der Waals surface area contributed by atoms with Crippen molar-refractivity contribution >= 4 is 17.6 Å². The van der Waals surface area contributed by atoms with E-state index < -0.39 is 0 Å². The second kappa shape index (κ2) is 3.19. The molecule has 14 heavy (non-hydrogen) atoms. The highest BCUT2D eigenvalue weighted by Crippen LogP contribution is 2.41. The second-order valence-electron chi connectivity index (χ2n) is 4.15. The molecule has 2 heterocycles. The van der Waals surface area contributed by atoms with Gasteiger partial charge in [-0.25, -0.2) is 0 Å². The predicted molar refractivity (Wildman–Crippen MR) is 48.2 cm³/mol. The van der Waals surface area contributed by atoms with Crippen molar-refractivity contribution in [1.29, 1.82) is 0 Å². The summed E-state index contributed by atoms with van der Waals surface area (Å²) in [6, 6.07) is 0. The number of imide groups is 1. The summed E-state index contributed by atoms with van der Waals surface area (Å²) in [7, 11) is 0. The summed E-state index contributed by atoms with van der Waals surface area (Å²) >= 11 is 0. The molecule has 3 rings (SSSR count). The first-order valence-electron chi connectivity index (χ1n) is 4.94. The molecule has 0 unspecified atom stereocenters. The van der Waals surface area contributed by atoms with E-state index in [1.807, 2.05) is 0 Å². The number of ketones is 1. The van der Waals surface area contributed by atoms with Crippen molar-refractivity contribution in [2.24, 2.45) is 11.8 Å². The Morgan fingerprint density at radius 2 is 1.79 bits per heavy atom. The van der Waals surface area contributed by atoms with Crippen LogP contribution in [0.4, 0.5) is 0 Å². The number of carbonyl (C=O) groups is 3. The summed E-state index contributed by atoms with van der Waals surface area (Å²) < 4.78 is 0. The molecule has 2 bridgehead atoms. The van der Waals surface area contributed by atoms with Crippen LogP contribution in [-0.2, 0) is 14.4 Å². The Kier molecular flexibility index (Phi) is 2.13. The molecular weight excluding hydrogens is 182 g/mol. The summed E-state index contributed by atoms with van der Waals surface area (Å²) in [6.07, 6.45) is 1.75. The van der Waals surface area contributed by atoms with Crippen LogP contribution in [0.25, 0.3) is 0 Å². The molecule has 0 N–H and O–H groups in total. The Morgan fingerprint density at radius 3 is 2.21 bits per heavy atom. The number of carbonyl (C=O) groups excluding carboxylic acids is 3.